The molecule has 0 bridgehead atoms. The van der Waals surface area contributed by atoms with Crippen LogP contribution in [-0.4, -0.2) is 0 Å². The highest BCUT2D eigenvalue weighted by molar-refractivity contribution is 9.10. The van der Waals surface area contributed by atoms with Gasteiger partial charge in [-0.25, -0.2) is 0 Å². The van der Waals surface area contributed by atoms with Gasteiger partial charge in [0, 0.05) is 27.7 Å². The van der Waals surface area contributed by atoms with Gasteiger partial charge in [0.2, 0.25) is 0 Å². The molecule has 1 aromatic heterocycles. The molecule has 0 aliphatic rings. The molecule has 0 saturated heterocycles. The summed E-state index contributed by atoms with van der Waals surface area (Å²) in [6, 6.07) is 16.3. The minimum absolute atomic E-state index is 0.755. The van der Waals surface area contributed by atoms with Crippen LogP contribution in [0.4, 0.5) is 5.69 Å². The van der Waals surface area contributed by atoms with E-state index in [0.29, 0.717) is 0 Å². The summed E-state index contributed by atoms with van der Waals surface area (Å²) in [5, 5.41) is 4.62. The molecule has 0 aliphatic heterocycles. The molecule has 0 spiro atoms. The van der Waals surface area contributed by atoms with Gasteiger partial charge in [-0.15, -0.1) is 0 Å². The van der Waals surface area contributed by atoms with Crippen molar-refractivity contribution in [1.82, 2.24) is 0 Å². The SMILES string of the molecule is Cc1oc2ccccc2c1CNc1ccccc1Br. The summed E-state index contributed by atoms with van der Waals surface area (Å²) in [6.07, 6.45) is 0. The fourth-order valence-corrected chi connectivity index (χ4v) is 2.65. The van der Waals surface area contributed by atoms with Crippen molar-refractivity contribution in [2.75, 3.05) is 5.32 Å². The van der Waals surface area contributed by atoms with Gasteiger partial charge in [-0.05, 0) is 41.1 Å². The Morgan fingerprint density at radius 1 is 1.05 bits per heavy atom. The minimum Gasteiger partial charge on any atom is -0.461 e. The van der Waals surface area contributed by atoms with E-state index in [0.717, 1.165) is 28.0 Å². The van der Waals surface area contributed by atoms with E-state index in [9.17, 15) is 0 Å². The molecule has 0 amide bonds. The van der Waals surface area contributed by atoms with Crippen LogP contribution in [0.5, 0.6) is 0 Å². The molecule has 0 unspecified atom stereocenters. The molecule has 1 N–H and O–H groups in total. The zero-order chi connectivity index (χ0) is 13.2. The molecule has 96 valence electrons. The smallest absolute Gasteiger partial charge is 0.134 e. The summed E-state index contributed by atoms with van der Waals surface area (Å²) in [7, 11) is 0. The van der Waals surface area contributed by atoms with Crippen LogP contribution in [0, 0.1) is 6.92 Å². The van der Waals surface area contributed by atoms with E-state index in [1.807, 2.05) is 43.3 Å². The van der Waals surface area contributed by atoms with Crippen molar-refractivity contribution in [2.45, 2.75) is 13.5 Å². The van der Waals surface area contributed by atoms with Crippen molar-refractivity contribution >= 4 is 32.6 Å². The number of halogens is 1. The third-order valence-electron chi connectivity index (χ3n) is 3.23. The highest BCUT2D eigenvalue weighted by Gasteiger charge is 2.10. The predicted octanol–water partition coefficient (Wildman–Crippen LogP) is 5.12. The molecule has 1 heterocycles. The highest BCUT2D eigenvalue weighted by atomic mass is 79.9. The van der Waals surface area contributed by atoms with Crippen molar-refractivity contribution in [3.05, 3.63) is 64.3 Å². The Morgan fingerprint density at radius 3 is 2.63 bits per heavy atom. The standard InChI is InChI=1S/C16H14BrNO/c1-11-13(12-6-2-5-9-16(12)19-11)10-18-15-8-4-3-7-14(15)17/h2-9,18H,10H2,1H3. The molecule has 3 rings (SSSR count). The van der Waals surface area contributed by atoms with Crippen molar-refractivity contribution in [3.8, 4) is 0 Å². The van der Waals surface area contributed by atoms with Gasteiger partial charge in [0.1, 0.15) is 11.3 Å². The Balaban J connectivity index is 1.90. The minimum atomic E-state index is 0.755. The van der Waals surface area contributed by atoms with Crippen molar-refractivity contribution in [1.29, 1.82) is 0 Å². The van der Waals surface area contributed by atoms with E-state index >= 15 is 0 Å². The average molecular weight is 316 g/mol. The van der Waals surface area contributed by atoms with Crippen molar-refractivity contribution in [2.24, 2.45) is 0 Å². The first-order valence-electron chi connectivity index (χ1n) is 6.21. The zero-order valence-corrected chi connectivity index (χ0v) is 12.2. The number of hydrogen-bond donors (Lipinski definition) is 1. The van der Waals surface area contributed by atoms with Gasteiger partial charge in [-0.2, -0.15) is 0 Å². The lowest BCUT2D eigenvalue weighted by Crippen LogP contribution is -2.00. The lowest BCUT2D eigenvalue weighted by molar-refractivity contribution is 0.573. The van der Waals surface area contributed by atoms with E-state index in [4.69, 9.17) is 4.42 Å². The Morgan fingerprint density at radius 2 is 1.79 bits per heavy atom. The monoisotopic (exact) mass is 315 g/mol. The van der Waals surface area contributed by atoms with Crippen LogP contribution >= 0.6 is 15.9 Å². The number of benzene rings is 2. The molecule has 0 radical (unpaired) electrons. The number of hydrogen-bond acceptors (Lipinski definition) is 2. The van der Waals surface area contributed by atoms with Crippen LogP contribution < -0.4 is 5.32 Å². The lowest BCUT2D eigenvalue weighted by Gasteiger charge is -2.08. The van der Waals surface area contributed by atoms with Gasteiger partial charge < -0.3 is 9.73 Å². The highest BCUT2D eigenvalue weighted by Crippen LogP contribution is 2.27. The van der Waals surface area contributed by atoms with Gasteiger partial charge in [0.15, 0.2) is 0 Å². The Kier molecular flexibility index (Phi) is 3.30. The van der Waals surface area contributed by atoms with Crippen LogP contribution in [-0.2, 0) is 6.54 Å². The fraction of sp³-hybridized carbons (Fsp3) is 0.125. The average Bonchev–Trinajstić information content (AvgIpc) is 2.74. The number of anilines is 1. The number of para-hydroxylation sites is 2. The molecule has 2 nitrogen and oxygen atoms in total. The molecule has 2 aromatic carbocycles. The van der Waals surface area contributed by atoms with Gasteiger partial charge in [0.05, 0.1) is 0 Å². The summed E-state index contributed by atoms with van der Waals surface area (Å²) in [6.45, 7) is 2.77. The van der Waals surface area contributed by atoms with Crippen molar-refractivity contribution < 1.29 is 4.42 Å². The van der Waals surface area contributed by atoms with E-state index in [-0.39, 0.29) is 0 Å². The summed E-state index contributed by atoms with van der Waals surface area (Å²) < 4.78 is 6.84. The van der Waals surface area contributed by atoms with Gasteiger partial charge in [0.25, 0.3) is 0 Å². The second kappa shape index (κ2) is 5.10. The molecule has 0 saturated carbocycles. The molecule has 0 aliphatic carbocycles. The maximum Gasteiger partial charge on any atom is 0.134 e. The molecule has 3 aromatic rings. The number of aryl methyl sites for hydroxylation is 1. The molecular weight excluding hydrogens is 302 g/mol. The lowest BCUT2D eigenvalue weighted by atomic mass is 10.1. The van der Waals surface area contributed by atoms with E-state index in [2.05, 4.69) is 33.4 Å². The second-order valence-corrected chi connectivity index (χ2v) is 5.32. The molecule has 3 heteroatoms. The van der Waals surface area contributed by atoms with Crippen molar-refractivity contribution in [3.63, 3.8) is 0 Å². The Bertz CT molecular complexity index is 718. The Labute approximate surface area is 120 Å². The molecule has 0 atom stereocenters. The number of fused-ring (bicyclic) bond motifs is 1. The Hall–Kier alpha value is -1.74. The van der Waals surface area contributed by atoms with Gasteiger partial charge in [-0.1, -0.05) is 30.3 Å². The maximum absolute atomic E-state index is 5.77. The van der Waals surface area contributed by atoms with E-state index in [1.54, 1.807) is 0 Å². The third-order valence-corrected chi connectivity index (χ3v) is 3.92. The number of furan rings is 1. The molecular formula is C16H14BrNO. The van der Waals surface area contributed by atoms with Gasteiger partial charge >= 0.3 is 0 Å². The summed E-state index contributed by atoms with van der Waals surface area (Å²) >= 11 is 3.54. The molecule has 0 fully saturated rings. The van der Waals surface area contributed by atoms with E-state index < -0.39 is 0 Å². The topological polar surface area (TPSA) is 25.2 Å². The second-order valence-electron chi connectivity index (χ2n) is 4.47. The first kappa shape index (κ1) is 12.3. The summed E-state index contributed by atoms with van der Waals surface area (Å²) in [5.41, 5.74) is 3.25. The zero-order valence-electron chi connectivity index (χ0n) is 10.6. The van der Waals surface area contributed by atoms with Crippen LogP contribution in [0.3, 0.4) is 0 Å². The first-order chi connectivity index (χ1) is 9.25. The first-order valence-corrected chi connectivity index (χ1v) is 7.00. The van der Waals surface area contributed by atoms with E-state index in [1.165, 1.54) is 10.9 Å². The van der Waals surface area contributed by atoms with Gasteiger partial charge in [-0.3, -0.25) is 0 Å². The normalized spacial score (nSPS) is 10.8. The summed E-state index contributed by atoms with van der Waals surface area (Å²) in [4.78, 5) is 0. The number of nitrogens with one attached hydrogen (secondary N) is 1. The largest absolute Gasteiger partial charge is 0.461 e. The fourth-order valence-electron chi connectivity index (χ4n) is 2.23. The number of rotatable bonds is 3. The van der Waals surface area contributed by atoms with Crippen LogP contribution in [0.2, 0.25) is 0 Å². The third kappa shape index (κ3) is 2.38. The predicted molar refractivity (Wildman–Crippen MR) is 82.4 cm³/mol. The van der Waals surface area contributed by atoms with Crippen LogP contribution in [0.15, 0.2) is 57.4 Å². The molecule has 19 heavy (non-hydrogen) atoms. The quantitative estimate of drug-likeness (QED) is 0.726. The van der Waals surface area contributed by atoms with Crippen LogP contribution in [0.25, 0.3) is 11.0 Å². The van der Waals surface area contributed by atoms with Crippen LogP contribution in [0.1, 0.15) is 11.3 Å². The maximum atomic E-state index is 5.77. The summed E-state index contributed by atoms with van der Waals surface area (Å²) in [5.74, 6) is 0.973.